The van der Waals surface area contributed by atoms with E-state index in [2.05, 4.69) is 10.2 Å². The third kappa shape index (κ3) is 2.82. The third-order valence-corrected chi connectivity index (χ3v) is 3.89. The molecule has 0 amide bonds. The van der Waals surface area contributed by atoms with Crippen molar-refractivity contribution in [3.63, 3.8) is 0 Å². The molecule has 1 aliphatic heterocycles. The molecule has 2 rings (SSSR count). The summed E-state index contributed by atoms with van der Waals surface area (Å²) in [6.07, 6.45) is 2.31. The fourth-order valence-electron chi connectivity index (χ4n) is 2.57. The van der Waals surface area contributed by atoms with Crippen molar-refractivity contribution in [2.45, 2.75) is 31.8 Å². The molecule has 0 aliphatic carbocycles. The number of nitrogens with zero attached hydrogens (tertiary/aromatic N) is 1. The summed E-state index contributed by atoms with van der Waals surface area (Å²) in [6.45, 7) is 4.04. The van der Waals surface area contributed by atoms with E-state index in [1.54, 1.807) is 12.1 Å². The zero-order valence-corrected chi connectivity index (χ0v) is 11.0. The fraction of sp³-hybridized carbons (Fsp3) is 0.571. The zero-order valence-electron chi connectivity index (χ0n) is 11.0. The number of piperidine rings is 1. The molecule has 2 atom stereocenters. The largest absolute Gasteiger partial charge is 0.508 e. The Kier molecular flexibility index (Phi) is 4.19. The lowest BCUT2D eigenvalue weighted by molar-refractivity contribution is 0.154. The quantitative estimate of drug-likeness (QED) is 0.866. The summed E-state index contributed by atoms with van der Waals surface area (Å²) in [6, 6.07) is 4.85. The van der Waals surface area contributed by atoms with Crippen LogP contribution in [0.5, 0.6) is 5.75 Å². The number of likely N-dealkylation sites (N-methyl/N-ethyl adjacent to an activating group) is 1. The molecule has 2 unspecified atom stereocenters. The van der Waals surface area contributed by atoms with E-state index in [0.29, 0.717) is 11.6 Å². The van der Waals surface area contributed by atoms with Crippen LogP contribution in [-0.4, -0.2) is 36.2 Å². The highest BCUT2D eigenvalue weighted by molar-refractivity contribution is 5.29. The van der Waals surface area contributed by atoms with Gasteiger partial charge in [0.05, 0.1) is 0 Å². The van der Waals surface area contributed by atoms with Gasteiger partial charge in [0.2, 0.25) is 0 Å². The lowest BCUT2D eigenvalue weighted by Crippen LogP contribution is -2.45. The Bertz CT molecular complexity index is 405. The van der Waals surface area contributed by atoms with E-state index in [1.807, 2.05) is 14.0 Å². The van der Waals surface area contributed by atoms with E-state index < -0.39 is 0 Å². The predicted molar refractivity (Wildman–Crippen MR) is 70.1 cm³/mol. The summed E-state index contributed by atoms with van der Waals surface area (Å²) in [7, 11) is 2.04. The van der Waals surface area contributed by atoms with Crippen molar-refractivity contribution < 1.29 is 9.50 Å². The lowest BCUT2D eigenvalue weighted by atomic mass is 10.0. The van der Waals surface area contributed by atoms with Crippen LogP contribution < -0.4 is 5.32 Å². The summed E-state index contributed by atoms with van der Waals surface area (Å²) in [4.78, 5) is 2.21. The second-order valence-electron chi connectivity index (χ2n) is 5.05. The van der Waals surface area contributed by atoms with Gasteiger partial charge in [0.1, 0.15) is 11.6 Å². The molecule has 0 radical (unpaired) electrons. The molecule has 1 aromatic carbocycles. The Morgan fingerprint density at radius 1 is 1.50 bits per heavy atom. The van der Waals surface area contributed by atoms with Crippen LogP contribution in [0.15, 0.2) is 18.2 Å². The number of rotatable bonds is 3. The van der Waals surface area contributed by atoms with Gasteiger partial charge in [-0.1, -0.05) is 6.07 Å². The summed E-state index contributed by atoms with van der Waals surface area (Å²) in [5.74, 6) is -0.358. The SMILES string of the molecule is CC(c1ccc(O)cc1F)N(C)C1CCCNC1. The van der Waals surface area contributed by atoms with Crippen LogP contribution in [-0.2, 0) is 0 Å². The molecule has 0 aromatic heterocycles. The van der Waals surface area contributed by atoms with Gasteiger partial charge in [-0.05, 0) is 39.4 Å². The third-order valence-electron chi connectivity index (χ3n) is 3.89. The summed E-state index contributed by atoms with van der Waals surface area (Å²) >= 11 is 0. The van der Waals surface area contributed by atoms with Gasteiger partial charge in [-0.3, -0.25) is 4.90 Å². The van der Waals surface area contributed by atoms with E-state index >= 15 is 0 Å². The van der Waals surface area contributed by atoms with Crippen LogP contribution in [0, 0.1) is 5.82 Å². The summed E-state index contributed by atoms with van der Waals surface area (Å²) < 4.78 is 13.8. The molecule has 1 fully saturated rings. The Morgan fingerprint density at radius 2 is 2.28 bits per heavy atom. The molecule has 3 nitrogen and oxygen atoms in total. The first kappa shape index (κ1) is 13.3. The molecule has 2 N–H and O–H groups in total. The van der Waals surface area contributed by atoms with Gasteiger partial charge in [-0.2, -0.15) is 0 Å². The smallest absolute Gasteiger partial charge is 0.131 e. The van der Waals surface area contributed by atoms with Gasteiger partial charge in [0.15, 0.2) is 0 Å². The first-order valence-electron chi connectivity index (χ1n) is 6.50. The Labute approximate surface area is 108 Å². The molecular formula is C14H21FN2O. The average molecular weight is 252 g/mol. The first-order valence-corrected chi connectivity index (χ1v) is 6.50. The molecule has 0 bridgehead atoms. The van der Waals surface area contributed by atoms with Crippen LogP contribution in [0.2, 0.25) is 0 Å². The van der Waals surface area contributed by atoms with E-state index in [-0.39, 0.29) is 17.6 Å². The van der Waals surface area contributed by atoms with Crippen molar-refractivity contribution in [3.05, 3.63) is 29.6 Å². The second kappa shape index (κ2) is 5.67. The minimum atomic E-state index is -0.335. The van der Waals surface area contributed by atoms with Gasteiger partial charge in [-0.25, -0.2) is 4.39 Å². The number of hydrogen-bond acceptors (Lipinski definition) is 3. The Balaban J connectivity index is 2.11. The second-order valence-corrected chi connectivity index (χ2v) is 5.05. The maximum Gasteiger partial charge on any atom is 0.131 e. The number of phenols is 1. The number of benzene rings is 1. The van der Waals surface area contributed by atoms with Crippen molar-refractivity contribution in [2.24, 2.45) is 0 Å². The fourth-order valence-corrected chi connectivity index (χ4v) is 2.57. The highest BCUT2D eigenvalue weighted by Gasteiger charge is 2.24. The molecule has 4 heteroatoms. The lowest BCUT2D eigenvalue weighted by Gasteiger charge is -2.36. The Hall–Kier alpha value is -1.13. The maximum atomic E-state index is 13.8. The summed E-state index contributed by atoms with van der Waals surface area (Å²) in [5.41, 5.74) is 0.640. The molecule has 0 saturated carbocycles. The average Bonchev–Trinajstić information content (AvgIpc) is 2.38. The van der Waals surface area contributed by atoms with Crippen molar-refractivity contribution in [1.82, 2.24) is 10.2 Å². The Morgan fingerprint density at radius 3 is 2.89 bits per heavy atom. The highest BCUT2D eigenvalue weighted by Crippen LogP contribution is 2.27. The van der Waals surface area contributed by atoms with Crippen molar-refractivity contribution in [1.29, 1.82) is 0 Å². The number of phenolic OH excluding ortho intramolecular Hbond substituents is 1. The van der Waals surface area contributed by atoms with Gasteiger partial charge >= 0.3 is 0 Å². The van der Waals surface area contributed by atoms with Crippen molar-refractivity contribution in [2.75, 3.05) is 20.1 Å². The van der Waals surface area contributed by atoms with Crippen LogP contribution in [0.4, 0.5) is 4.39 Å². The van der Waals surface area contributed by atoms with Gasteiger partial charge < -0.3 is 10.4 Å². The van der Waals surface area contributed by atoms with Crippen molar-refractivity contribution in [3.8, 4) is 5.75 Å². The molecule has 1 saturated heterocycles. The van der Waals surface area contributed by atoms with E-state index in [1.165, 1.54) is 12.5 Å². The van der Waals surface area contributed by atoms with Gasteiger partial charge in [0, 0.05) is 30.3 Å². The molecular weight excluding hydrogens is 231 g/mol. The summed E-state index contributed by atoms with van der Waals surface area (Å²) in [5, 5.41) is 12.6. The molecule has 1 aliphatic rings. The molecule has 1 heterocycles. The van der Waals surface area contributed by atoms with Crippen LogP contribution in [0.3, 0.4) is 0 Å². The van der Waals surface area contributed by atoms with Crippen LogP contribution >= 0.6 is 0 Å². The van der Waals surface area contributed by atoms with E-state index in [0.717, 1.165) is 19.5 Å². The van der Waals surface area contributed by atoms with Gasteiger partial charge in [0.25, 0.3) is 0 Å². The van der Waals surface area contributed by atoms with Crippen LogP contribution in [0.25, 0.3) is 0 Å². The first-order chi connectivity index (χ1) is 8.59. The molecule has 100 valence electrons. The number of halogens is 1. The standard InChI is InChI=1S/C14H21FN2O/c1-10(13-6-5-12(18)8-14(13)15)17(2)11-4-3-7-16-9-11/h5-6,8,10-11,16,18H,3-4,7,9H2,1-2H3. The minimum absolute atomic E-state index is 0.00972. The number of nitrogens with one attached hydrogen (secondary N) is 1. The molecule has 0 spiro atoms. The van der Waals surface area contributed by atoms with Crippen LogP contribution in [0.1, 0.15) is 31.4 Å². The zero-order chi connectivity index (χ0) is 13.1. The molecule has 1 aromatic rings. The maximum absolute atomic E-state index is 13.8. The normalized spacial score (nSPS) is 22.1. The number of aromatic hydroxyl groups is 1. The van der Waals surface area contributed by atoms with Gasteiger partial charge in [-0.15, -0.1) is 0 Å². The predicted octanol–water partition coefficient (Wildman–Crippen LogP) is 2.28. The van der Waals surface area contributed by atoms with Crippen molar-refractivity contribution >= 4 is 0 Å². The van der Waals surface area contributed by atoms with E-state index in [4.69, 9.17) is 0 Å². The van der Waals surface area contributed by atoms with E-state index in [9.17, 15) is 9.50 Å². The number of hydrogen-bond donors (Lipinski definition) is 2. The topological polar surface area (TPSA) is 35.5 Å². The monoisotopic (exact) mass is 252 g/mol. The minimum Gasteiger partial charge on any atom is -0.508 e. The molecule has 18 heavy (non-hydrogen) atoms. The highest BCUT2D eigenvalue weighted by atomic mass is 19.1.